The van der Waals surface area contributed by atoms with Crippen LogP contribution in [0.2, 0.25) is 0 Å². The first kappa shape index (κ1) is 16.0. The molecule has 2 atom stereocenters. The Morgan fingerprint density at radius 3 is 2.18 bits per heavy atom. The second-order valence-corrected chi connectivity index (χ2v) is 7.62. The summed E-state index contributed by atoms with van der Waals surface area (Å²) >= 11 is 0. The van der Waals surface area contributed by atoms with Crippen molar-refractivity contribution in [3.63, 3.8) is 0 Å². The molecule has 0 aromatic heterocycles. The number of hydrogen-bond donors (Lipinski definition) is 2. The minimum atomic E-state index is 0.951. The van der Waals surface area contributed by atoms with Crippen molar-refractivity contribution in [2.75, 3.05) is 26.2 Å². The molecule has 1 saturated carbocycles. The molecule has 1 aromatic rings. The van der Waals surface area contributed by atoms with Crippen LogP contribution in [0.3, 0.4) is 0 Å². The van der Waals surface area contributed by atoms with Gasteiger partial charge in [0.2, 0.25) is 0 Å². The summed E-state index contributed by atoms with van der Waals surface area (Å²) in [7, 11) is 0. The first-order chi connectivity index (χ1) is 10.8. The minimum Gasteiger partial charge on any atom is -0.323 e. The van der Waals surface area contributed by atoms with Gasteiger partial charge in [0.05, 0.1) is 6.04 Å². The van der Waals surface area contributed by atoms with Crippen LogP contribution in [0.5, 0.6) is 0 Å². The maximum Gasteiger partial charge on any atom is 0.127 e. The lowest BCUT2D eigenvalue weighted by atomic mass is 9.84. The molecule has 1 aromatic carbocycles. The smallest absolute Gasteiger partial charge is 0.127 e. The van der Waals surface area contributed by atoms with Crippen LogP contribution in [0.15, 0.2) is 24.3 Å². The molecule has 22 heavy (non-hydrogen) atoms. The van der Waals surface area contributed by atoms with Gasteiger partial charge in [0.1, 0.15) is 32.7 Å². The minimum absolute atomic E-state index is 0.951. The van der Waals surface area contributed by atoms with E-state index < -0.39 is 0 Å². The van der Waals surface area contributed by atoms with Gasteiger partial charge in [-0.1, -0.05) is 44.5 Å². The van der Waals surface area contributed by atoms with Crippen LogP contribution in [0.1, 0.15) is 50.7 Å². The van der Waals surface area contributed by atoms with E-state index in [-0.39, 0.29) is 0 Å². The van der Waals surface area contributed by atoms with Gasteiger partial charge in [-0.2, -0.15) is 0 Å². The highest BCUT2D eigenvalue weighted by molar-refractivity contribution is 5.21. The van der Waals surface area contributed by atoms with Crippen LogP contribution in [0.4, 0.5) is 0 Å². The second-order valence-electron chi connectivity index (χ2n) is 7.62. The molecular weight excluding hydrogens is 268 g/mol. The van der Waals surface area contributed by atoms with Crippen LogP contribution in [-0.4, -0.2) is 32.2 Å². The summed E-state index contributed by atoms with van der Waals surface area (Å²) in [6, 6.07) is 10.3. The molecule has 1 heterocycles. The van der Waals surface area contributed by atoms with Gasteiger partial charge in [0.15, 0.2) is 0 Å². The van der Waals surface area contributed by atoms with E-state index in [1.54, 1.807) is 4.90 Å². The third-order valence-corrected chi connectivity index (χ3v) is 6.12. The Morgan fingerprint density at radius 2 is 1.55 bits per heavy atom. The lowest BCUT2D eigenvalue weighted by molar-refractivity contribution is -1.03. The first-order valence-electron chi connectivity index (χ1n) is 9.52. The van der Waals surface area contributed by atoms with Crippen molar-refractivity contribution in [2.24, 2.45) is 5.92 Å². The molecule has 0 unspecified atom stereocenters. The van der Waals surface area contributed by atoms with E-state index in [2.05, 4.69) is 38.1 Å². The number of nitrogens with one attached hydrogen (secondary N) is 2. The van der Waals surface area contributed by atoms with Crippen molar-refractivity contribution in [2.45, 2.75) is 58.5 Å². The molecular formula is C20H34N2+2. The van der Waals surface area contributed by atoms with Crippen LogP contribution < -0.4 is 9.80 Å². The van der Waals surface area contributed by atoms with Crippen molar-refractivity contribution in [1.29, 1.82) is 0 Å². The van der Waals surface area contributed by atoms with Crippen molar-refractivity contribution in [1.82, 2.24) is 0 Å². The molecule has 2 aliphatic rings. The number of aryl methyl sites for hydroxylation is 1. The highest BCUT2D eigenvalue weighted by atomic mass is 15.3. The molecule has 1 aliphatic carbocycles. The summed E-state index contributed by atoms with van der Waals surface area (Å²) in [6.45, 7) is 11.4. The number of quaternary nitrogens is 2. The molecule has 1 aliphatic heterocycles. The molecule has 2 nitrogen and oxygen atoms in total. The maximum absolute atomic E-state index is 2.49. The highest BCUT2D eigenvalue weighted by Crippen LogP contribution is 2.21. The van der Waals surface area contributed by atoms with Crippen molar-refractivity contribution in [3.8, 4) is 0 Å². The molecule has 1 saturated heterocycles. The number of benzene rings is 1. The lowest BCUT2D eigenvalue weighted by Crippen LogP contribution is -3.29. The van der Waals surface area contributed by atoms with Gasteiger partial charge in [-0.3, -0.25) is 0 Å². The quantitative estimate of drug-likeness (QED) is 0.824. The predicted molar refractivity (Wildman–Crippen MR) is 92.3 cm³/mol. The third-order valence-electron chi connectivity index (χ3n) is 6.12. The monoisotopic (exact) mass is 302 g/mol. The molecule has 122 valence electrons. The number of piperazine rings is 1. The molecule has 2 heteroatoms. The van der Waals surface area contributed by atoms with Crippen molar-refractivity contribution < 1.29 is 9.80 Å². The van der Waals surface area contributed by atoms with Gasteiger partial charge in [-0.15, -0.1) is 0 Å². The fourth-order valence-electron chi connectivity index (χ4n) is 4.58. The molecule has 0 bridgehead atoms. The van der Waals surface area contributed by atoms with E-state index in [1.807, 2.05) is 4.90 Å². The van der Waals surface area contributed by atoms with Gasteiger partial charge in [0, 0.05) is 11.5 Å². The first-order valence-corrected chi connectivity index (χ1v) is 9.52. The summed E-state index contributed by atoms with van der Waals surface area (Å²) in [4.78, 5) is 3.70. The standard InChI is InChI=1S/C20H32N2/c1-3-18-8-10-19(11-9-18)16-21-12-14-22(15-13-21)20-7-5-4-6-17(20)2/h8-11,17,20H,3-7,12-16H2,1-2H3/p+2/t17-,20-/m1/s1. The Kier molecular flexibility index (Phi) is 5.54. The fraction of sp³-hybridized carbons (Fsp3) is 0.700. The van der Waals surface area contributed by atoms with Crippen LogP contribution in [0, 0.1) is 5.92 Å². The highest BCUT2D eigenvalue weighted by Gasteiger charge is 2.34. The molecule has 0 spiro atoms. The van der Waals surface area contributed by atoms with E-state index in [1.165, 1.54) is 69.5 Å². The second kappa shape index (κ2) is 7.61. The Labute approximate surface area is 136 Å². The zero-order valence-corrected chi connectivity index (χ0v) is 14.5. The number of hydrogen-bond acceptors (Lipinski definition) is 0. The predicted octanol–water partition coefficient (Wildman–Crippen LogP) is 1.11. The summed E-state index contributed by atoms with van der Waals surface area (Å²) in [5.74, 6) is 0.951. The zero-order chi connectivity index (χ0) is 15.4. The molecule has 0 amide bonds. The van der Waals surface area contributed by atoms with Crippen molar-refractivity contribution >= 4 is 0 Å². The fourth-order valence-corrected chi connectivity index (χ4v) is 4.58. The van der Waals surface area contributed by atoms with Gasteiger partial charge >= 0.3 is 0 Å². The average molecular weight is 303 g/mol. The van der Waals surface area contributed by atoms with E-state index in [0.717, 1.165) is 18.4 Å². The number of rotatable bonds is 4. The Bertz CT molecular complexity index is 445. The van der Waals surface area contributed by atoms with Crippen LogP contribution in [-0.2, 0) is 13.0 Å². The van der Waals surface area contributed by atoms with E-state index in [0.29, 0.717) is 0 Å². The molecule has 2 fully saturated rings. The van der Waals surface area contributed by atoms with E-state index >= 15 is 0 Å². The Hall–Kier alpha value is -0.860. The third kappa shape index (κ3) is 3.91. The molecule has 2 N–H and O–H groups in total. The topological polar surface area (TPSA) is 8.88 Å². The van der Waals surface area contributed by atoms with Gasteiger partial charge < -0.3 is 9.80 Å². The maximum atomic E-state index is 2.49. The summed E-state index contributed by atoms with van der Waals surface area (Å²) in [6.07, 6.45) is 7.03. The largest absolute Gasteiger partial charge is 0.323 e. The van der Waals surface area contributed by atoms with Gasteiger partial charge in [-0.25, -0.2) is 0 Å². The van der Waals surface area contributed by atoms with E-state index in [9.17, 15) is 0 Å². The Morgan fingerprint density at radius 1 is 0.909 bits per heavy atom. The average Bonchev–Trinajstić information content (AvgIpc) is 2.57. The lowest BCUT2D eigenvalue weighted by Gasteiger charge is -2.39. The summed E-state index contributed by atoms with van der Waals surface area (Å²) in [5, 5.41) is 0. The Balaban J connectivity index is 1.48. The van der Waals surface area contributed by atoms with Crippen LogP contribution in [0.25, 0.3) is 0 Å². The SMILES string of the molecule is CCc1ccc(C[NH+]2CC[NH+]([C@@H]3CCCC[C@H]3C)CC2)cc1. The van der Waals surface area contributed by atoms with E-state index in [4.69, 9.17) is 0 Å². The normalized spacial score (nSPS) is 32.8. The van der Waals surface area contributed by atoms with Crippen LogP contribution >= 0.6 is 0 Å². The summed E-state index contributed by atoms with van der Waals surface area (Å²) in [5.41, 5.74) is 2.97. The van der Waals surface area contributed by atoms with Gasteiger partial charge in [0.25, 0.3) is 0 Å². The van der Waals surface area contributed by atoms with Gasteiger partial charge in [-0.05, 0) is 31.2 Å². The molecule has 3 rings (SSSR count). The van der Waals surface area contributed by atoms with Crippen molar-refractivity contribution in [3.05, 3.63) is 35.4 Å². The molecule has 0 radical (unpaired) electrons. The summed E-state index contributed by atoms with van der Waals surface area (Å²) < 4.78 is 0. The zero-order valence-electron chi connectivity index (χ0n) is 14.5.